The van der Waals surface area contributed by atoms with Crippen LogP contribution in [-0.4, -0.2) is 41.4 Å². The van der Waals surface area contributed by atoms with E-state index >= 15 is 0 Å². The molecule has 2 aliphatic rings. The molecule has 0 aliphatic carbocycles. The molecule has 1 N–H and O–H groups in total. The number of nitrogens with zero attached hydrogens (tertiary/aromatic N) is 2. The number of nitriles is 1. The molecule has 2 unspecified atom stereocenters. The second-order valence-corrected chi connectivity index (χ2v) is 7.66. The van der Waals surface area contributed by atoms with Gasteiger partial charge in [-0.1, -0.05) is 30.3 Å². The van der Waals surface area contributed by atoms with Gasteiger partial charge in [0.1, 0.15) is 6.61 Å². The normalized spacial score (nSPS) is 25.5. The number of hydrogen-bond acceptors (Lipinski definition) is 5. The summed E-state index contributed by atoms with van der Waals surface area (Å²) in [5, 5.41) is 20.6. The molecule has 6 nitrogen and oxygen atoms in total. The summed E-state index contributed by atoms with van der Waals surface area (Å²) in [6.45, 7) is 0.456. The molecule has 2 heterocycles. The largest absolute Gasteiger partial charge is 0.445 e. The first-order chi connectivity index (χ1) is 14.4. The van der Waals surface area contributed by atoms with E-state index in [4.69, 9.17) is 9.47 Å². The summed E-state index contributed by atoms with van der Waals surface area (Å²) in [6, 6.07) is 11.7. The predicted octanol–water partition coefficient (Wildman–Crippen LogP) is 3.22. The Balaban J connectivity index is 1.56. The van der Waals surface area contributed by atoms with Crippen molar-refractivity contribution < 1.29 is 28.2 Å². The van der Waals surface area contributed by atoms with Crippen molar-refractivity contribution in [1.29, 1.82) is 5.26 Å². The minimum absolute atomic E-state index is 0.0175. The molecule has 0 spiro atoms. The molecule has 30 heavy (non-hydrogen) atoms. The summed E-state index contributed by atoms with van der Waals surface area (Å²) in [4.78, 5) is 14.3. The highest BCUT2D eigenvalue weighted by Gasteiger charge is 2.50. The van der Waals surface area contributed by atoms with Crippen LogP contribution in [0.4, 0.5) is 13.6 Å². The zero-order chi connectivity index (χ0) is 21.3. The van der Waals surface area contributed by atoms with Crippen LogP contribution in [0.15, 0.2) is 42.5 Å². The van der Waals surface area contributed by atoms with E-state index in [0.717, 1.165) is 17.7 Å². The van der Waals surface area contributed by atoms with Crippen molar-refractivity contribution in [3.8, 4) is 6.07 Å². The molecule has 2 aliphatic heterocycles. The number of halogens is 2. The topological polar surface area (TPSA) is 82.8 Å². The van der Waals surface area contributed by atoms with E-state index in [1.165, 1.54) is 0 Å². The second-order valence-electron chi connectivity index (χ2n) is 7.66. The quantitative estimate of drug-likeness (QED) is 0.834. The lowest BCUT2D eigenvalue weighted by Gasteiger charge is -2.51. The van der Waals surface area contributed by atoms with Crippen LogP contribution in [0.3, 0.4) is 0 Å². The number of carbonyl (C=O) groups is 1. The Labute approximate surface area is 172 Å². The molecule has 2 bridgehead atoms. The minimum Gasteiger partial charge on any atom is -0.445 e. The molecule has 0 aromatic heterocycles. The van der Waals surface area contributed by atoms with E-state index < -0.39 is 35.4 Å². The van der Waals surface area contributed by atoms with Gasteiger partial charge in [-0.05, 0) is 17.7 Å². The minimum atomic E-state index is -1.59. The highest BCUT2D eigenvalue weighted by atomic mass is 19.2. The van der Waals surface area contributed by atoms with Gasteiger partial charge in [-0.2, -0.15) is 5.26 Å². The standard InChI is InChI=1S/C22H20F2N2O4/c23-19-6-15(10-25)18(7-20(19)24)22(28)8-16-12-29-13-17(9-22)26(16)21(27)30-11-14-4-2-1-3-5-14/h1-7,16-17,28H,8-9,11-13H2. The van der Waals surface area contributed by atoms with Crippen LogP contribution in [0, 0.1) is 23.0 Å². The molecule has 2 aromatic carbocycles. The zero-order valence-electron chi connectivity index (χ0n) is 16.1. The lowest BCUT2D eigenvalue weighted by Crippen LogP contribution is -2.62. The third kappa shape index (κ3) is 3.74. The first kappa shape index (κ1) is 20.3. The Morgan fingerprint density at radius 3 is 2.47 bits per heavy atom. The molecular formula is C22H20F2N2O4. The fourth-order valence-corrected chi connectivity index (χ4v) is 4.31. The maximum Gasteiger partial charge on any atom is 0.410 e. The van der Waals surface area contributed by atoms with Crippen molar-refractivity contribution in [2.24, 2.45) is 0 Å². The van der Waals surface area contributed by atoms with Gasteiger partial charge in [0, 0.05) is 18.4 Å². The fraction of sp³-hybridized carbons (Fsp3) is 0.364. The van der Waals surface area contributed by atoms with Crippen LogP contribution in [0.1, 0.15) is 29.5 Å². The van der Waals surface area contributed by atoms with Crippen LogP contribution in [0.2, 0.25) is 0 Å². The number of fused-ring (bicyclic) bond motifs is 2. The third-order valence-corrected chi connectivity index (χ3v) is 5.65. The predicted molar refractivity (Wildman–Crippen MR) is 101 cm³/mol. The van der Waals surface area contributed by atoms with Gasteiger partial charge < -0.3 is 14.6 Å². The van der Waals surface area contributed by atoms with E-state index in [-0.39, 0.29) is 43.8 Å². The van der Waals surface area contributed by atoms with E-state index in [1.807, 2.05) is 36.4 Å². The highest BCUT2D eigenvalue weighted by Crippen LogP contribution is 2.42. The van der Waals surface area contributed by atoms with Crippen molar-refractivity contribution in [3.63, 3.8) is 0 Å². The smallest absolute Gasteiger partial charge is 0.410 e. The van der Waals surface area contributed by atoms with E-state index in [1.54, 1.807) is 4.90 Å². The van der Waals surface area contributed by atoms with Crippen molar-refractivity contribution in [2.45, 2.75) is 37.1 Å². The molecule has 156 valence electrons. The third-order valence-electron chi connectivity index (χ3n) is 5.65. The molecule has 2 atom stereocenters. The van der Waals surface area contributed by atoms with Gasteiger partial charge in [-0.15, -0.1) is 0 Å². The lowest BCUT2D eigenvalue weighted by atomic mass is 9.75. The Morgan fingerprint density at radius 1 is 1.20 bits per heavy atom. The lowest BCUT2D eigenvalue weighted by molar-refractivity contribution is -0.137. The number of rotatable bonds is 3. The van der Waals surface area contributed by atoms with Gasteiger partial charge in [-0.3, -0.25) is 4.90 Å². The van der Waals surface area contributed by atoms with Crippen molar-refractivity contribution >= 4 is 6.09 Å². The molecule has 0 radical (unpaired) electrons. The number of carbonyl (C=O) groups excluding carboxylic acids is 1. The van der Waals surface area contributed by atoms with Gasteiger partial charge in [-0.25, -0.2) is 13.6 Å². The summed E-state index contributed by atoms with van der Waals surface area (Å²) >= 11 is 0. The molecule has 2 aromatic rings. The monoisotopic (exact) mass is 414 g/mol. The van der Waals surface area contributed by atoms with E-state index in [9.17, 15) is 23.9 Å². The summed E-state index contributed by atoms with van der Waals surface area (Å²) in [5.74, 6) is -2.28. The second kappa shape index (κ2) is 8.01. The number of benzene rings is 2. The molecular weight excluding hydrogens is 394 g/mol. The van der Waals surface area contributed by atoms with Gasteiger partial charge >= 0.3 is 6.09 Å². The average molecular weight is 414 g/mol. The molecule has 4 rings (SSSR count). The Kier molecular flexibility index (Phi) is 5.41. The molecule has 2 saturated heterocycles. The summed E-state index contributed by atoms with van der Waals surface area (Å²) in [7, 11) is 0. The number of ether oxygens (including phenoxy) is 2. The molecule has 0 saturated carbocycles. The van der Waals surface area contributed by atoms with E-state index in [0.29, 0.717) is 0 Å². The van der Waals surface area contributed by atoms with Crippen LogP contribution >= 0.6 is 0 Å². The molecule has 8 heteroatoms. The van der Waals surface area contributed by atoms with Gasteiger partial charge in [0.25, 0.3) is 0 Å². The summed E-state index contributed by atoms with van der Waals surface area (Å²) < 4.78 is 38.4. The van der Waals surface area contributed by atoms with Crippen LogP contribution in [-0.2, 0) is 21.7 Å². The van der Waals surface area contributed by atoms with Crippen LogP contribution < -0.4 is 0 Å². The fourth-order valence-electron chi connectivity index (χ4n) is 4.31. The summed E-state index contributed by atoms with van der Waals surface area (Å²) in [5.41, 5.74) is -0.843. The highest BCUT2D eigenvalue weighted by molar-refractivity contribution is 5.69. The maximum atomic E-state index is 13.9. The van der Waals surface area contributed by atoms with Gasteiger partial charge in [0.2, 0.25) is 0 Å². The Hall–Kier alpha value is -3.02. The first-order valence-electron chi connectivity index (χ1n) is 9.60. The number of hydrogen-bond donors (Lipinski definition) is 1. The van der Waals surface area contributed by atoms with Gasteiger partial charge in [0.05, 0.1) is 42.5 Å². The maximum absolute atomic E-state index is 13.9. The molecule has 1 amide bonds. The van der Waals surface area contributed by atoms with Crippen molar-refractivity contribution in [1.82, 2.24) is 4.90 Å². The average Bonchev–Trinajstić information content (AvgIpc) is 2.73. The number of aliphatic hydroxyl groups is 1. The first-order valence-corrected chi connectivity index (χ1v) is 9.60. The molecule has 2 fully saturated rings. The number of amides is 1. The van der Waals surface area contributed by atoms with Crippen molar-refractivity contribution in [3.05, 3.63) is 70.8 Å². The zero-order valence-corrected chi connectivity index (χ0v) is 16.1. The van der Waals surface area contributed by atoms with Crippen LogP contribution in [0.25, 0.3) is 0 Å². The van der Waals surface area contributed by atoms with E-state index in [2.05, 4.69) is 0 Å². The Morgan fingerprint density at radius 2 is 1.83 bits per heavy atom. The Bertz CT molecular complexity index is 979. The number of morpholine rings is 1. The summed E-state index contributed by atoms with van der Waals surface area (Å²) in [6.07, 6.45) is -0.488. The van der Waals surface area contributed by atoms with Gasteiger partial charge in [0.15, 0.2) is 11.6 Å². The SMILES string of the molecule is N#Cc1cc(F)c(F)cc1C1(O)CC2COCC(C1)N2C(=O)OCc1ccccc1. The van der Waals surface area contributed by atoms with Crippen molar-refractivity contribution in [2.75, 3.05) is 13.2 Å². The van der Waals surface area contributed by atoms with Crippen LogP contribution in [0.5, 0.6) is 0 Å². The number of piperidine rings is 1.